The molecule has 0 N–H and O–H groups in total. The van der Waals surface area contributed by atoms with Crippen LogP contribution >= 0.6 is 0 Å². The molecule has 0 bridgehead atoms. The molecular weight excluding hydrogens is 380 g/mol. The van der Waals surface area contributed by atoms with E-state index in [1.165, 1.54) is 5.57 Å². The lowest BCUT2D eigenvalue weighted by Gasteiger charge is -2.59. The van der Waals surface area contributed by atoms with Crippen LogP contribution < -0.4 is 0 Å². The van der Waals surface area contributed by atoms with Crippen molar-refractivity contribution in [1.82, 2.24) is 0 Å². The average Bonchev–Trinajstić information content (AvgIpc) is 3.05. The van der Waals surface area contributed by atoms with Crippen LogP contribution in [0.4, 0.5) is 0 Å². The SMILES string of the molecule is CCC(=O)O[C@H]1CC2=CC(=O)CC[C@]2(C)[C@H]2CC[C@]3(C)[C@@H](OC(=O)CC)CC[C@H]3[C@H]12. The summed E-state index contributed by atoms with van der Waals surface area (Å²) in [5.74, 6) is 0.957. The van der Waals surface area contributed by atoms with Crippen LogP contribution in [0.15, 0.2) is 11.6 Å². The van der Waals surface area contributed by atoms with Crippen molar-refractivity contribution in [3.8, 4) is 0 Å². The van der Waals surface area contributed by atoms with Gasteiger partial charge in [0.25, 0.3) is 0 Å². The normalized spacial score (nSPS) is 42.5. The summed E-state index contributed by atoms with van der Waals surface area (Å²) < 4.78 is 11.9. The lowest BCUT2D eigenvalue weighted by atomic mass is 9.46. The van der Waals surface area contributed by atoms with Gasteiger partial charge in [-0.1, -0.05) is 33.3 Å². The summed E-state index contributed by atoms with van der Waals surface area (Å²) in [5.41, 5.74) is 1.13. The van der Waals surface area contributed by atoms with E-state index in [1.807, 2.05) is 19.9 Å². The zero-order chi connectivity index (χ0) is 21.7. The van der Waals surface area contributed by atoms with Crippen molar-refractivity contribution in [3.63, 3.8) is 0 Å². The molecule has 7 atom stereocenters. The van der Waals surface area contributed by atoms with Gasteiger partial charge in [-0.25, -0.2) is 0 Å². The van der Waals surface area contributed by atoms with Crippen LogP contribution in [0.3, 0.4) is 0 Å². The Morgan fingerprint density at radius 3 is 2.40 bits per heavy atom. The maximum Gasteiger partial charge on any atom is 0.305 e. The van der Waals surface area contributed by atoms with E-state index in [2.05, 4.69) is 13.8 Å². The molecular formula is C25H36O5. The van der Waals surface area contributed by atoms with E-state index in [4.69, 9.17) is 9.47 Å². The number of rotatable bonds is 4. The first-order chi connectivity index (χ1) is 14.2. The minimum atomic E-state index is -0.182. The Balaban J connectivity index is 1.69. The Morgan fingerprint density at radius 1 is 1.00 bits per heavy atom. The molecule has 0 aromatic carbocycles. The quantitative estimate of drug-likeness (QED) is 0.617. The summed E-state index contributed by atoms with van der Waals surface area (Å²) in [6, 6.07) is 0. The number of hydrogen-bond acceptors (Lipinski definition) is 5. The first-order valence-corrected chi connectivity index (χ1v) is 11.9. The van der Waals surface area contributed by atoms with E-state index in [1.54, 1.807) is 0 Å². The average molecular weight is 417 g/mol. The summed E-state index contributed by atoms with van der Waals surface area (Å²) in [7, 11) is 0. The Morgan fingerprint density at radius 2 is 1.70 bits per heavy atom. The molecule has 166 valence electrons. The van der Waals surface area contributed by atoms with Gasteiger partial charge in [0.1, 0.15) is 12.2 Å². The third kappa shape index (κ3) is 3.33. The van der Waals surface area contributed by atoms with E-state index >= 15 is 0 Å². The van der Waals surface area contributed by atoms with Gasteiger partial charge >= 0.3 is 11.9 Å². The Kier molecular flexibility index (Phi) is 5.61. The summed E-state index contributed by atoms with van der Waals surface area (Å²) >= 11 is 0. The fraction of sp³-hybridized carbons (Fsp3) is 0.800. The summed E-state index contributed by atoms with van der Waals surface area (Å²) in [5, 5.41) is 0. The molecule has 0 aliphatic heterocycles. The van der Waals surface area contributed by atoms with Crippen LogP contribution in [0, 0.1) is 28.6 Å². The lowest BCUT2D eigenvalue weighted by Crippen LogP contribution is -2.57. The highest BCUT2D eigenvalue weighted by Gasteiger charge is 2.63. The number of carbonyl (C=O) groups is 3. The van der Waals surface area contributed by atoms with E-state index in [0.29, 0.717) is 37.5 Å². The second-order valence-electron chi connectivity index (χ2n) is 10.4. The smallest absolute Gasteiger partial charge is 0.305 e. The molecule has 4 aliphatic carbocycles. The molecule has 5 nitrogen and oxygen atoms in total. The zero-order valence-electron chi connectivity index (χ0n) is 18.9. The van der Waals surface area contributed by atoms with E-state index in [-0.39, 0.29) is 46.7 Å². The van der Waals surface area contributed by atoms with Crippen LogP contribution in [0.2, 0.25) is 0 Å². The van der Waals surface area contributed by atoms with Crippen LogP contribution in [-0.2, 0) is 23.9 Å². The largest absolute Gasteiger partial charge is 0.462 e. The van der Waals surface area contributed by atoms with E-state index in [0.717, 1.165) is 32.1 Å². The molecule has 0 unspecified atom stereocenters. The highest BCUT2D eigenvalue weighted by molar-refractivity contribution is 5.91. The van der Waals surface area contributed by atoms with Crippen molar-refractivity contribution >= 4 is 17.7 Å². The highest BCUT2D eigenvalue weighted by Crippen LogP contribution is 2.66. The molecule has 3 saturated carbocycles. The number of esters is 2. The molecule has 0 spiro atoms. The predicted molar refractivity (Wildman–Crippen MR) is 112 cm³/mol. The van der Waals surface area contributed by atoms with Gasteiger partial charge in [-0.3, -0.25) is 14.4 Å². The van der Waals surface area contributed by atoms with Crippen LogP contribution in [0.5, 0.6) is 0 Å². The van der Waals surface area contributed by atoms with Crippen molar-refractivity contribution in [2.24, 2.45) is 28.6 Å². The third-order valence-electron chi connectivity index (χ3n) is 9.01. The minimum absolute atomic E-state index is 0.00715. The van der Waals surface area contributed by atoms with Gasteiger partial charge < -0.3 is 9.47 Å². The number of ketones is 1. The van der Waals surface area contributed by atoms with Crippen molar-refractivity contribution in [3.05, 3.63) is 11.6 Å². The van der Waals surface area contributed by atoms with E-state index in [9.17, 15) is 14.4 Å². The Bertz CT molecular complexity index is 770. The van der Waals surface area contributed by atoms with Crippen LogP contribution in [0.1, 0.15) is 85.5 Å². The number of carbonyl (C=O) groups excluding carboxylic acids is 3. The molecule has 0 heterocycles. The van der Waals surface area contributed by atoms with Crippen LogP contribution in [0.25, 0.3) is 0 Å². The van der Waals surface area contributed by atoms with Gasteiger partial charge in [0.05, 0.1) is 0 Å². The topological polar surface area (TPSA) is 69.7 Å². The first kappa shape index (κ1) is 21.6. The fourth-order valence-corrected chi connectivity index (χ4v) is 7.26. The maximum atomic E-state index is 12.3. The number of hydrogen-bond donors (Lipinski definition) is 0. The zero-order valence-corrected chi connectivity index (χ0v) is 18.9. The Hall–Kier alpha value is -1.65. The maximum absolute atomic E-state index is 12.3. The standard InChI is InChI=1S/C25H36O5/c1-5-21(27)29-19-14-15-13-16(26)9-11-24(15,3)18-10-12-25(4)17(23(18)19)7-8-20(25)30-22(28)6-2/h13,17-20,23H,5-12,14H2,1-4H3/t17-,18-,19-,20-,23-,24-,25-/m0/s1. The lowest BCUT2D eigenvalue weighted by molar-refractivity contribution is -0.175. The minimum Gasteiger partial charge on any atom is -0.462 e. The molecule has 0 aromatic rings. The van der Waals surface area contributed by atoms with Gasteiger partial charge in [0, 0.05) is 37.0 Å². The van der Waals surface area contributed by atoms with Crippen molar-refractivity contribution in [2.75, 3.05) is 0 Å². The molecule has 0 radical (unpaired) electrons. The summed E-state index contributed by atoms with van der Waals surface area (Å²) in [6.07, 6.45) is 8.51. The van der Waals surface area contributed by atoms with Crippen molar-refractivity contribution < 1.29 is 23.9 Å². The van der Waals surface area contributed by atoms with Gasteiger partial charge in [-0.05, 0) is 55.4 Å². The van der Waals surface area contributed by atoms with Gasteiger partial charge in [-0.2, -0.15) is 0 Å². The summed E-state index contributed by atoms with van der Waals surface area (Å²) in [6.45, 7) is 8.28. The third-order valence-corrected chi connectivity index (χ3v) is 9.01. The van der Waals surface area contributed by atoms with E-state index < -0.39 is 0 Å². The van der Waals surface area contributed by atoms with Crippen LogP contribution in [-0.4, -0.2) is 29.9 Å². The Labute approximate surface area is 179 Å². The molecule has 4 rings (SSSR count). The monoisotopic (exact) mass is 416 g/mol. The number of ether oxygens (including phenoxy) is 2. The van der Waals surface area contributed by atoms with Crippen molar-refractivity contribution in [2.45, 2.75) is 97.7 Å². The molecule has 0 saturated heterocycles. The fourth-order valence-electron chi connectivity index (χ4n) is 7.26. The highest BCUT2D eigenvalue weighted by atomic mass is 16.5. The molecule has 0 aromatic heterocycles. The second-order valence-corrected chi connectivity index (χ2v) is 10.4. The molecule has 5 heteroatoms. The molecule has 30 heavy (non-hydrogen) atoms. The second kappa shape index (κ2) is 7.80. The van der Waals surface area contributed by atoms with Gasteiger partial charge in [0.2, 0.25) is 0 Å². The first-order valence-electron chi connectivity index (χ1n) is 11.9. The summed E-state index contributed by atoms with van der Waals surface area (Å²) in [4.78, 5) is 36.5. The predicted octanol–water partition coefficient (Wildman–Crippen LogP) is 4.77. The number of fused-ring (bicyclic) bond motifs is 5. The van der Waals surface area contributed by atoms with Gasteiger partial charge in [-0.15, -0.1) is 0 Å². The molecule has 4 aliphatic rings. The van der Waals surface area contributed by atoms with Crippen molar-refractivity contribution in [1.29, 1.82) is 0 Å². The van der Waals surface area contributed by atoms with Gasteiger partial charge in [0.15, 0.2) is 5.78 Å². The molecule has 3 fully saturated rings. The molecule has 0 amide bonds.